The van der Waals surface area contributed by atoms with Crippen LogP contribution in [0.15, 0.2) is 18.2 Å². The average Bonchev–Trinajstić information content (AvgIpc) is 2.29. The first-order chi connectivity index (χ1) is 7.63. The highest BCUT2D eigenvalue weighted by atomic mass is 19.1. The van der Waals surface area contributed by atoms with Crippen molar-refractivity contribution < 1.29 is 19.0 Å². The van der Waals surface area contributed by atoms with Gasteiger partial charge in [-0.3, -0.25) is 4.79 Å². The lowest BCUT2D eigenvalue weighted by atomic mass is 9.81. The normalized spacial score (nSPS) is 23.7. The Labute approximate surface area is 92.9 Å². The molecule has 2 atom stereocenters. The summed E-state index contributed by atoms with van der Waals surface area (Å²) >= 11 is 0. The second-order valence-electron chi connectivity index (χ2n) is 3.96. The van der Waals surface area contributed by atoms with Gasteiger partial charge in [0.25, 0.3) is 0 Å². The number of hydrogen-bond acceptors (Lipinski definition) is 3. The van der Waals surface area contributed by atoms with Crippen LogP contribution < -0.4 is 0 Å². The number of halogens is 1. The van der Waals surface area contributed by atoms with Gasteiger partial charge in [0, 0.05) is 0 Å². The number of esters is 1. The zero-order chi connectivity index (χ0) is 11.7. The molecule has 0 amide bonds. The summed E-state index contributed by atoms with van der Waals surface area (Å²) in [5, 5.41) is 9.98. The zero-order valence-electron chi connectivity index (χ0n) is 8.94. The fourth-order valence-electron chi connectivity index (χ4n) is 2.15. The highest BCUT2D eigenvalue weighted by Crippen LogP contribution is 2.35. The monoisotopic (exact) mass is 224 g/mol. The van der Waals surface area contributed by atoms with E-state index in [2.05, 4.69) is 4.74 Å². The van der Waals surface area contributed by atoms with Crippen LogP contribution in [0.1, 0.15) is 23.7 Å². The first-order valence-electron chi connectivity index (χ1n) is 5.17. The standard InChI is InChI=1S/C12H13FO3/c1-16-12(15)9-5-3-7-2-4-8(13)6-10(7)11(9)14/h2,4,6,9,11,14H,3,5H2,1H3. The Hall–Kier alpha value is -1.42. The first-order valence-corrected chi connectivity index (χ1v) is 5.17. The van der Waals surface area contributed by atoms with E-state index in [4.69, 9.17) is 0 Å². The molecule has 1 aliphatic rings. The molecule has 3 nitrogen and oxygen atoms in total. The number of aliphatic hydroxyl groups excluding tert-OH is 1. The summed E-state index contributed by atoms with van der Waals surface area (Å²) in [5.41, 5.74) is 1.40. The smallest absolute Gasteiger partial charge is 0.311 e. The molecular weight excluding hydrogens is 211 g/mol. The van der Waals surface area contributed by atoms with Crippen LogP contribution >= 0.6 is 0 Å². The van der Waals surface area contributed by atoms with E-state index in [1.54, 1.807) is 6.07 Å². The summed E-state index contributed by atoms with van der Waals surface area (Å²) in [6.45, 7) is 0. The predicted octanol–water partition coefficient (Wildman–Crippen LogP) is 1.59. The number of carbonyl (C=O) groups excluding carboxylic acids is 1. The molecule has 1 aromatic carbocycles. The number of methoxy groups -OCH3 is 1. The molecule has 0 fully saturated rings. The number of aliphatic hydroxyl groups is 1. The molecule has 1 aromatic rings. The van der Waals surface area contributed by atoms with Crippen molar-refractivity contribution in [1.82, 2.24) is 0 Å². The van der Waals surface area contributed by atoms with Crippen LogP contribution in [0.2, 0.25) is 0 Å². The Kier molecular flexibility index (Phi) is 2.92. The van der Waals surface area contributed by atoms with E-state index >= 15 is 0 Å². The first kappa shape index (κ1) is 11.1. The van der Waals surface area contributed by atoms with Crippen LogP contribution in [0.4, 0.5) is 4.39 Å². The number of ether oxygens (including phenoxy) is 1. The SMILES string of the molecule is COC(=O)C1CCc2ccc(F)cc2C1O. The molecule has 1 aliphatic carbocycles. The van der Waals surface area contributed by atoms with Gasteiger partial charge >= 0.3 is 5.97 Å². The predicted molar refractivity (Wildman–Crippen MR) is 55.2 cm³/mol. The lowest BCUT2D eigenvalue weighted by Crippen LogP contribution is -2.28. The van der Waals surface area contributed by atoms with E-state index in [-0.39, 0.29) is 0 Å². The zero-order valence-corrected chi connectivity index (χ0v) is 8.94. The molecular formula is C12H13FO3. The van der Waals surface area contributed by atoms with Gasteiger partial charge in [-0.2, -0.15) is 0 Å². The molecule has 0 bridgehead atoms. The fraction of sp³-hybridized carbons (Fsp3) is 0.417. The number of aryl methyl sites for hydroxylation is 1. The van der Waals surface area contributed by atoms with Crippen LogP contribution in [0.3, 0.4) is 0 Å². The highest BCUT2D eigenvalue weighted by Gasteiger charge is 2.33. The summed E-state index contributed by atoms with van der Waals surface area (Å²) < 4.78 is 17.7. The van der Waals surface area contributed by atoms with Gasteiger partial charge in [-0.05, 0) is 36.1 Å². The van der Waals surface area contributed by atoms with Crippen LogP contribution in [0, 0.1) is 11.7 Å². The van der Waals surface area contributed by atoms with Crippen molar-refractivity contribution in [3.8, 4) is 0 Å². The van der Waals surface area contributed by atoms with E-state index in [1.807, 2.05) is 0 Å². The number of benzene rings is 1. The maximum atomic E-state index is 13.1. The van der Waals surface area contributed by atoms with E-state index in [0.29, 0.717) is 18.4 Å². The van der Waals surface area contributed by atoms with Gasteiger partial charge in [-0.1, -0.05) is 6.07 Å². The number of rotatable bonds is 1. The minimum absolute atomic E-state index is 0.400. The van der Waals surface area contributed by atoms with Gasteiger partial charge < -0.3 is 9.84 Å². The Morgan fingerprint density at radius 1 is 1.56 bits per heavy atom. The molecule has 86 valence electrons. The molecule has 0 spiro atoms. The Balaban J connectivity index is 2.34. The summed E-state index contributed by atoms with van der Waals surface area (Å²) in [4.78, 5) is 11.4. The van der Waals surface area contributed by atoms with Gasteiger partial charge in [0.1, 0.15) is 5.82 Å². The summed E-state index contributed by atoms with van der Waals surface area (Å²) in [6, 6.07) is 4.31. The lowest BCUT2D eigenvalue weighted by molar-refractivity contribution is -0.150. The maximum absolute atomic E-state index is 13.1. The van der Waals surface area contributed by atoms with Crippen molar-refractivity contribution in [1.29, 1.82) is 0 Å². The van der Waals surface area contributed by atoms with E-state index in [1.165, 1.54) is 19.2 Å². The van der Waals surface area contributed by atoms with E-state index in [9.17, 15) is 14.3 Å². The number of hydrogen-bond donors (Lipinski definition) is 1. The highest BCUT2D eigenvalue weighted by molar-refractivity contribution is 5.73. The average molecular weight is 224 g/mol. The second kappa shape index (κ2) is 4.22. The lowest BCUT2D eigenvalue weighted by Gasteiger charge is -2.28. The minimum Gasteiger partial charge on any atom is -0.469 e. The summed E-state index contributed by atoms with van der Waals surface area (Å²) in [7, 11) is 1.29. The van der Waals surface area contributed by atoms with Crippen LogP contribution in [0.25, 0.3) is 0 Å². The largest absolute Gasteiger partial charge is 0.469 e. The minimum atomic E-state index is -0.966. The van der Waals surface area contributed by atoms with Gasteiger partial charge in [0.15, 0.2) is 0 Å². The molecule has 2 rings (SSSR count). The molecule has 1 N–H and O–H groups in total. The third kappa shape index (κ3) is 1.80. The summed E-state index contributed by atoms with van der Waals surface area (Å²) in [5.74, 6) is -1.43. The van der Waals surface area contributed by atoms with Crippen LogP contribution in [0.5, 0.6) is 0 Å². The van der Waals surface area contributed by atoms with Gasteiger partial charge in [0.05, 0.1) is 19.1 Å². The van der Waals surface area contributed by atoms with E-state index < -0.39 is 23.8 Å². The fourth-order valence-corrected chi connectivity index (χ4v) is 2.15. The molecule has 0 heterocycles. The maximum Gasteiger partial charge on any atom is 0.311 e. The van der Waals surface area contributed by atoms with E-state index in [0.717, 1.165) is 5.56 Å². The Bertz CT molecular complexity index is 417. The molecule has 0 aromatic heterocycles. The van der Waals surface area contributed by atoms with Crippen molar-refractivity contribution in [2.45, 2.75) is 18.9 Å². The molecule has 0 radical (unpaired) electrons. The number of carbonyl (C=O) groups is 1. The topological polar surface area (TPSA) is 46.5 Å². The van der Waals surface area contributed by atoms with Gasteiger partial charge in [0.2, 0.25) is 0 Å². The van der Waals surface area contributed by atoms with Crippen molar-refractivity contribution in [3.05, 3.63) is 35.1 Å². The molecule has 0 saturated carbocycles. The Morgan fingerprint density at radius 3 is 3.00 bits per heavy atom. The Morgan fingerprint density at radius 2 is 2.31 bits per heavy atom. The summed E-state index contributed by atoms with van der Waals surface area (Å²) in [6.07, 6.45) is 0.228. The molecule has 0 saturated heterocycles. The number of fused-ring (bicyclic) bond motifs is 1. The molecule has 0 aliphatic heterocycles. The third-order valence-electron chi connectivity index (χ3n) is 3.04. The molecule has 2 unspecified atom stereocenters. The second-order valence-corrected chi connectivity index (χ2v) is 3.96. The van der Waals surface area contributed by atoms with Gasteiger partial charge in [-0.25, -0.2) is 4.39 Å². The molecule has 4 heteroatoms. The van der Waals surface area contributed by atoms with Crippen molar-refractivity contribution in [2.75, 3.05) is 7.11 Å². The van der Waals surface area contributed by atoms with Gasteiger partial charge in [-0.15, -0.1) is 0 Å². The molecule has 16 heavy (non-hydrogen) atoms. The van der Waals surface area contributed by atoms with Crippen molar-refractivity contribution in [2.24, 2.45) is 5.92 Å². The van der Waals surface area contributed by atoms with Crippen molar-refractivity contribution in [3.63, 3.8) is 0 Å². The van der Waals surface area contributed by atoms with Crippen LogP contribution in [-0.2, 0) is 16.0 Å². The van der Waals surface area contributed by atoms with Crippen molar-refractivity contribution >= 4 is 5.97 Å². The van der Waals surface area contributed by atoms with Crippen LogP contribution in [-0.4, -0.2) is 18.2 Å². The quantitative estimate of drug-likeness (QED) is 0.737. The third-order valence-corrected chi connectivity index (χ3v) is 3.04.